The Hall–Kier alpha value is -2.36. The summed E-state index contributed by atoms with van der Waals surface area (Å²) in [5.74, 6) is 0.480. The topological polar surface area (TPSA) is 68.8 Å². The van der Waals surface area contributed by atoms with E-state index in [9.17, 15) is 9.18 Å². The van der Waals surface area contributed by atoms with Gasteiger partial charge in [-0.15, -0.1) is 24.0 Å². The molecule has 0 bridgehead atoms. The van der Waals surface area contributed by atoms with Crippen LogP contribution in [0.2, 0.25) is 0 Å². The molecule has 3 N–H and O–H groups in total. The zero-order valence-corrected chi connectivity index (χ0v) is 19.9. The fraction of sp³-hybridized carbons (Fsp3) is 0.364. The molecule has 1 amide bonds. The summed E-state index contributed by atoms with van der Waals surface area (Å²) >= 11 is 0. The standard InChI is InChI=1S/C22H28FN5O.HI/c1-4-24-22(25-13-15-9-10-20(28(2)3)18(23)11-15)26-14-16-12-21(29)27-19-8-6-5-7-17(16)19;/h5-11,16H,4,12-14H2,1-3H3,(H,27,29)(H2,24,25,26);1H. The Balaban J connectivity index is 0.00000320. The molecule has 0 saturated carbocycles. The first-order valence-electron chi connectivity index (χ1n) is 9.84. The minimum absolute atomic E-state index is 0. The number of fused-ring (bicyclic) bond motifs is 1. The summed E-state index contributed by atoms with van der Waals surface area (Å²) in [4.78, 5) is 18.3. The third kappa shape index (κ3) is 6.07. The summed E-state index contributed by atoms with van der Waals surface area (Å²) in [5, 5.41) is 9.45. The minimum atomic E-state index is -0.259. The number of guanidine groups is 1. The molecule has 1 heterocycles. The number of carbonyl (C=O) groups is 1. The van der Waals surface area contributed by atoms with Crippen molar-refractivity contribution < 1.29 is 9.18 Å². The predicted molar refractivity (Wildman–Crippen MR) is 131 cm³/mol. The first-order valence-corrected chi connectivity index (χ1v) is 9.84. The van der Waals surface area contributed by atoms with Crippen LogP contribution in [0.15, 0.2) is 47.5 Å². The summed E-state index contributed by atoms with van der Waals surface area (Å²) in [6, 6.07) is 13.0. The van der Waals surface area contributed by atoms with Gasteiger partial charge in [-0.2, -0.15) is 0 Å². The van der Waals surface area contributed by atoms with Gasteiger partial charge in [0.15, 0.2) is 5.96 Å². The van der Waals surface area contributed by atoms with E-state index >= 15 is 0 Å². The van der Waals surface area contributed by atoms with Gasteiger partial charge >= 0.3 is 0 Å². The van der Waals surface area contributed by atoms with Crippen molar-refractivity contribution in [1.82, 2.24) is 10.6 Å². The third-order valence-corrected chi connectivity index (χ3v) is 4.88. The first kappa shape index (κ1) is 23.9. The van der Waals surface area contributed by atoms with Crippen molar-refractivity contribution >= 4 is 47.2 Å². The van der Waals surface area contributed by atoms with Gasteiger partial charge in [-0.05, 0) is 36.2 Å². The highest BCUT2D eigenvalue weighted by atomic mass is 127. The quantitative estimate of drug-likeness (QED) is 0.306. The van der Waals surface area contributed by atoms with E-state index in [1.165, 1.54) is 6.07 Å². The van der Waals surface area contributed by atoms with Crippen molar-refractivity contribution in [3.8, 4) is 0 Å². The van der Waals surface area contributed by atoms with Gasteiger partial charge in [0.1, 0.15) is 5.82 Å². The molecule has 0 fully saturated rings. The molecule has 162 valence electrons. The normalized spacial score (nSPS) is 15.5. The van der Waals surface area contributed by atoms with Crippen LogP contribution in [0.3, 0.4) is 0 Å². The second-order valence-corrected chi connectivity index (χ2v) is 7.29. The lowest BCUT2D eigenvalue weighted by Crippen LogP contribution is -2.40. The average Bonchev–Trinajstić information content (AvgIpc) is 2.69. The number of nitrogens with zero attached hydrogens (tertiary/aromatic N) is 2. The summed E-state index contributed by atoms with van der Waals surface area (Å²) in [7, 11) is 3.63. The number of halogens is 2. The van der Waals surface area contributed by atoms with E-state index in [2.05, 4.69) is 20.9 Å². The zero-order chi connectivity index (χ0) is 20.8. The first-order chi connectivity index (χ1) is 14.0. The Morgan fingerprint density at radius 2 is 2.00 bits per heavy atom. The molecule has 1 atom stereocenters. The number of amides is 1. The maximum absolute atomic E-state index is 14.2. The molecule has 6 nitrogen and oxygen atoms in total. The van der Waals surface area contributed by atoms with Gasteiger partial charge in [-0.1, -0.05) is 24.3 Å². The van der Waals surface area contributed by atoms with E-state index in [1.54, 1.807) is 11.0 Å². The van der Waals surface area contributed by atoms with E-state index in [1.807, 2.05) is 51.4 Å². The summed E-state index contributed by atoms with van der Waals surface area (Å²) in [5.41, 5.74) is 3.34. The van der Waals surface area contributed by atoms with Crippen molar-refractivity contribution in [3.05, 3.63) is 59.4 Å². The predicted octanol–water partition coefficient (Wildman–Crippen LogP) is 3.69. The van der Waals surface area contributed by atoms with Crippen LogP contribution in [0.5, 0.6) is 0 Å². The summed E-state index contributed by atoms with van der Waals surface area (Å²) in [6.45, 7) is 3.65. The number of para-hydroxylation sites is 1. The second kappa shape index (κ2) is 11.1. The molecular formula is C22H29FIN5O. The lowest BCUT2D eigenvalue weighted by atomic mass is 9.90. The highest BCUT2D eigenvalue weighted by Crippen LogP contribution is 2.31. The molecule has 0 aliphatic carbocycles. The number of nitrogens with one attached hydrogen (secondary N) is 3. The Morgan fingerprint density at radius 3 is 2.70 bits per heavy atom. The van der Waals surface area contributed by atoms with E-state index in [0.717, 1.165) is 16.8 Å². The largest absolute Gasteiger partial charge is 0.375 e. The third-order valence-electron chi connectivity index (χ3n) is 4.88. The number of benzene rings is 2. The maximum Gasteiger partial charge on any atom is 0.225 e. The van der Waals surface area contributed by atoms with Crippen LogP contribution in [-0.2, 0) is 11.3 Å². The van der Waals surface area contributed by atoms with E-state index in [-0.39, 0.29) is 41.6 Å². The zero-order valence-electron chi connectivity index (χ0n) is 17.5. The molecule has 0 aromatic heterocycles. The number of anilines is 2. The van der Waals surface area contributed by atoms with Crippen LogP contribution >= 0.6 is 24.0 Å². The monoisotopic (exact) mass is 525 g/mol. The van der Waals surface area contributed by atoms with Crippen LogP contribution in [0.1, 0.15) is 30.4 Å². The molecule has 1 unspecified atom stereocenters. The van der Waals surface area contributed by atoms with Crippen LogP contribution in [0.25, 0.3) is 0 Å². The fourth-order valence-corrected chi connectivity index (χ4v) is 3.43. The molecule has 1 aliphatic rings. The lowest BCUT2D eigenvalue weighted by molar-refractivity contribution is -0.116. The van der Waals surface area contributed by atoms with Gasteiger partial charge < -0.3 is 20.9 Å². The summed E-state index contributed by atoms with van der Waals surface area (Å²) in [6.07, 6.45) is 0.431. The van der Waals surface area contributed by atoms with E-state index < -0.39 is 0 Å². The van der Waals surface area contributed by atoms with E-state index in [4.69, 9.17) is 0 Å². The van der Waals surface area contributed by atoms with E-state index in [0.29, 0.717) is 37.7 Å². The van der Waals surface area contributed by atoms with Gasteiger partial charge in [-0.25, -0.2) is 9.38 Å². The van der Waals surface area contributed by atoms with Crippen molar-refractivity contribution in [2.75, 3.05) is 37.4 Å². The number of hydrogen-bond donors (Lipinski definition) is 3. The Bertz CT molecular complexity index is 903. The molecule has 2 aromatic rings. The average molecular weight is 525 g/mol. The van der Waals surface area contributed by atoms with Gasteiger partial charge in [-0.3, -0.25) is 4.79 Å². The van der Waals surface area contributed by atoms with Crippen LogP contribution in [0.4, 0.5) is 15.8 Å². The SMILES string of the molecule is CCNC(=NCc1ccc(N(C)C)c(F)c1)NCC1CC(=O)Nc2ccccc21.I. The second-order valence-electron chi connectivity index (χ2n) is 7.29. The van der Waals surface area contributed by atoms with Gasteiger partial charge in [0.2, 0.25) is 5.91 Å². The van der Waals surface area contributed by atoms with Crippen molar-refractivity contribution in [2.24, 2.45) is 4.99 Å². The maximum atomic E-state index is 14.2. The molecule has 0 radical (unpaired) electrons. The minimum Gasteiger partial charge on any atom is -0.375 e. The fourth-order valence-electron chi connectivity index (χ4n) is 3.43. The molecule has 3 rings (SSSR count). The number of aliphatic imine (C=N–C) groups is 1. The number of rotatable bonds is 6. The number of carbonyl (C=O) groups excluding carboxylic acids is 1. The van der Waals surface area contributed by atoms with Crippen LogP contribution in [0, 0.1) is 5.82 Å². The van der Waals surface area contributed by atoms with Crippen molar-refractivity contribution in [3.63, 3.8) is 0 Å². The van der Waals surface area contributed by atoms with Gasteiger partial charge in [0.05, 0.1) is 12.2 Å². The van der Waals surface area contributed by atoms with Crippen LogP contribution in [-0.4, -0.2) is 39.1 Å². The smallest absolute Gasteiger partial charge is 0.225 e. The molecule has 0 spiro atoms. The van der Waals surface area contributed by atoms with Gasteiger partial charge in [0.25, 0.3) is 0 Å². The van der Waals surface area contributed by atoms with Crippen LogP contribution < -0.4 is 20.9 Å². The van der Waals surface area contributed by atoms with Crippen molar-refractivity contribution in [2.45, 2.75) is 25.8 Å². The molecule has 30 heavy (non-hydrogen) atoms. The molecule has 1 aliphatic heterocycles. The highest BCUT2D eigenvalue weighted by Gasteiger charge is 2.24. The Morgan fingerprint density at radius 1 is 1.23 bits per heavy atom. The molecule has 2 aromatic carbocycles. The molecular weight excluding hydrogens is 496 g/mol. The van der Waals surface area contributed by atoms with Crippen molar-refractivity contribution in [1.29, 1.82) is 0 Å². The highest BCUT2D eigenvalue weighted by molar-refractivity contribution is 14.0. The Labute approximate surface area is 194 Å². The van der Waals surface area contributed by atoms with Gasteiger partial charge in [0, 0.05) is 45.2 Å². The molecule has 8 heteroatoms. The number of hydrogen-bond acceptors (Lipinski definition) is 3. The summed E-state index contributed by atoms with van der Waals surface area (Å²) < 4.78 is 14.2. The lowest BCUT2D eigenvalue weighted by Gasteiger charge is -2.26. The molecule has 0 saturated heterocycles. The Kier molecular flexibility index (Phi) is 8.88.